The summed E-state index contributed by atoms with van der Waals surface area (Å²) in [4.78, 5) is 0. The Kier molecular flexibility index (Phi) is 4.06. The molecule has 2 rings (SSSR count). The topological polar surface area (TPSA) is 26.0 Å². The van der Waals surface area contributed by atoms with E-state index in [2.05, 4.69) is 13.8 Å². The van der Waals surface area contributed by atoms with Gasteiger partial charge in [0, 0.05) is 5.54 Å². The number of hydrogen-bond acceptors (Lipinski definition) is 1. The minimum atomic E-state index is -0.289. The van der Waals surface area contributed by atoms with Crippen LogP contribution in [0.25, 0.3) is 0 Å². The van der Waals surface area contributed by atoms with E-state index in [0.717, 1.165) is 11.5 Å². The van der Waals surface area contributed by atoms with E-state index in [1.54, 1.807) is 6.07 Å². The van der Waals surface area contributed by atoms with Gasteiger partial charge < -0.3 is 5.73 Å². The van der Waals surface area contributed by atoms with Crippen molar-refractivity contribution in [2.45, 2.75) is 51.5 Å². The van der Waals surface area contributed by atoms with Crippen LogP contribution < -0.4 is 5.73 Å². The normalized spacial score (nSPS) is 27.8. The van der Waals surface area contributed by atoms with Crippen LogP contribution >= 0.6 is 0 Å². The molecule has 1 fully saturated rings. The number of nitrogens with two attached hydrogens (primary N) is 1. The van der Waals surface area contributed by atoms with Crippen molar-refractivity contribution in [1.29, 1.82) is 0 Å². The highest BCUT2D eigenvalue weighted by Gasteiger charge is 2.33. The Balaban J connectivity index is 2.05. The van der Waals surface area contributed by atoms with Gasteiger partial charge in [0.2, 0.25) is 0 Å². The van der Waals surface area contributed by atoms with E-state index in [1.165, 1.54) is 31.7 Å². The van der Waals surface area contributed by atoms with Gasteiger partial charge in [-0.15, -0.1) is 0 Å². The molecule has 0 amide bonds. The Bertz CT molecular complexity index is 392. The Morgan fingerprint density at radius 2 is 1.83 bits per heavy atom. The molecule has 0 aromatic heterocycles. The summed E-state index contributed by atoms with van der Waals surface area (Å²) in [6, 6.07) is 6.99. The van der Waals surface area contributed by atoms with Crippen LogP contribution in [-0.4, -0.2) is 5.54 Å². The average molecular weight is 249 g/mol. The fourth-order valence-electron chi connectivity index (χ4n) is 3.12. The maximum Gasteiger partial charge on any atom is 0.126 e. The highest BCUT2D eigenvalue weighted by molar-refractivity contribution is 5.20. The molecule has 0 bridgehead atoms. The first-order chi connectivity index (χ1) is 8.49. The molecule has 18 heavy (non-hydrogen) atoms. The van der Waals surface area contributed by atoms with Crippen molar-refractivity contribution in [3.8, 4) is 0 Å². The smallest absolute Gasteiger partial charge is 0.126 e. The largest absolute Gasteiger partial charge is 0.325 e. The van der Waals surface area contributed by atoms with Gasteiger partial charge in [-0.1, -0.05) is 38.0 Å². The van der Waals surface area contributed by atoms with Crippen LogP contribution in [0.4, 0.5) is 4.39 Å². The van der Waals surface area contributed by atoms with Gasteiger partial charge in [0.25, 0.3) is 0 Å². The van der Waals surface area contributed by atoms with Crippen LogP contribution in [0.3, 0.4) is 0 Å². The van der Waals surface area contributed by atoms with E-state index in [0.29, 0.717) is 12.3 Å². The van der Waals surface area contributed by atoms with Crippen molar-refractivity contribution in [3.63, 3.8) is 0 Å². The van der Waals surface area contributed by atoms with E-state index >= 15 is 0 Å². The Hall–Kier alpha value is -0.890. The van der Waals surface area contributed by atoms with Crippen molar-refractivity contribution in [2.75, 3.05) is 0 Å². The summed E-state index contributed by atoms with van der Waals surface area (Å²) in [7, 11) is 0. The Morgan fingerprint density at radius 3 is 2.44 bits per heavy atom. The van der Waals surface area contributed by atoms with Crippen LogP contribution in [0, 0.1) is 17.7 Å². The second-order valence-electron chi connectivity index (χ2n) is 6.23. The van der Waals surface area contributed by atoms with E-state index in [4.69, 9.17) is 5.73 Å². The van der Waals surface area contributed by atoms with Crippen molar-refractivity contribution in [1.82, 2.24) is 0 Å². The molecule has 1 aromatic carbocycles. The summed E-state index contributed by atoms with van der Waals surface area (Å²) in [6.45, 7) is 4.39. The zero-order chi connectivity index (χ0) is 13.2. The zero-order valence-electron chi connectivity index (χ0n) is 11.5. The quantitative estimate of drug-likeness (QED) is 0.863. The van der Waals surface area contributed by atoms with Crippen molar-refractivity contribution in [2.24, 2.45) is 17.6 Å². The molecule has 1 saturated carbocycles. The van der Waals surface area contributed by atoms with Gasteiger partial charge in [-0.05, 0) is 49.7 Å². The van der Waals surface area contributed by atoms with E-state index in [1.807, 2.05) is 12.1 Å². The van der Waals surface area contributed by atoms with E-state index < -0.39 is 0 Å². The molecule has 0 saturated heterocycles. The summed E-state index contributed by atoms with van der Waals surface area (Å²) in [6.07, 6.45) is 5.52. The molecular weight excluding hydrogens is 225 g/mol. The van der Waals surface area contributed by atoms with Gasteiger partial charge in [-0.25, -0.2) is 4.39 Å². The van der Waals surface area contributed by atoms with Gasteiger partial charge in [-0.3, -0.25) is 0 Å². The first-order valence-corrected chi connectivity index (χ1v) is 7.01. The van der Waals surface area contributed by atoms with Crippen LogP contribution in [0.1, 0.15) is 45.1 Å². The Labute approximate surface area is 110 Å². The van der Waals surface area contributed by atoms with Crippen molar-refractivity contribution < 1.29 is 4.39 Å². The molecule has 0 heterocycles. The molecular formula is C16H24FN. The fourth-order valence-corrected chi connectivity index (χ4v) is 3.12. The predicted octanol–water partition coefficient (Wildman–Crippen LogP) is 3.91. The lowest BCUT2D eigenvalue weighted by molar-refractivity contribution is 0.190. The molecule has 1 aliphatic rings. The summed E-state index contributed by atoms with van der Waals surface area (Å²) >= 11 is 0. The molecule has 100 valence electrons. The standard InChI is InChI=1S/C16H24FN/c1-12-7-9-14(10-8-12)16(2,18)11-13-5-3-4-6-15(13)17/h3-6,12,14H,7-11,18H2,1-2H3. The molecule has 1 nitrogen and oxygen atoms in total. The lowest BCUT2D eigenvalue weighted by Gasteiger charge is -2.38. The van der Waals surface area contributed by atoms with Gasteiger partial charge in [0.1, 0.15) is 5.82 Å². The SMILES string of the molecule is CC1CCC(C(C)(N)Cc2ccccc2F)CC1. The molecule has 2 N–H and O–H groups in total. The maximum atomic E-state index is 13.7. The summed E-state index contributed by atoms with van der Waals surface area (Å²) < 4.78 is 13.7. The zero-order valence-corrected chi connectivity index (χ0v) is 11.5. The van der Waals surface area contributed by atoms with Gasteiger partial charge in [-0.2, -0.15) is 0 Å². The minimum Gasteiger partial charge on any atom is -0.325 e. The van der Waals surface area contributed by atoms with Crippen LogP contribution in [0.5, 0.6) is 0 Å². The summed E-state index contributed by atoms with van der Waals surface area (Å²) in [5.41, 5.74) is 6.93. The Morgan fingerprint density at radius 1 is 1.22 bits per heavy atom. The number of rotatable bonds is 3. The third-order valence-electron chi connectivity index (χ3n) is 4.48. The molecule has 0 aliphatic heterocycles. The first kappa shape index (κ1) is 13.5. The average Bonchev–Trinajstić information content (AvgIpc) is 2.32. The van der Waals surface area contributed by atoms with Gasteiger partial charge >= 0.3 is 0 Å². The number of benzene rings is 1. The predicted molar refractivity (Wildman–Crippen MR) is 73.8 cm³/mol. The third kappa shape index (κ3) is 3.11. The molecule has 1 aromatic rings. The molecule has 2 heteroatoms. The second kappa shape index (κ2) is 5.40. The van der Waals surface area contributed by atoms with Crippen LogP contribution in [-0.2, 0) is 6.42 Å². The monoisotopic (exact) mass is 249 g/mol. The van der Waals surface area contributed by atoms with Gasteiger partial charge in [0.05, 0.1) is 0 Å². The lowest BCUT2D eigenvalue weighted by atomic mass is 9.71. The second-order valence-corrected chi connectivity index (χ2v) is 6.23. The molecule has 0 spiro atoms. The third-order valence-corrected chi connectivity index (χ3v) is 4.48. The van der Waals surface area contributed by atoms with Crippen LogP contribution in [0.2, 0.25) is 0 Å². The summed E-state index contributed by atoms with van der Waals surface area (Å²) in [5, 5.41) is 0. The minimum absolute atomic E-state index is 0.127. The lowest BCUT2D eigenvalue weighted by Crippen LogP contribution is -2.47. The van der Waals surface area contributed by atoms with E-state index in [9.17, 15) is 4.39 Å². The number of hydrogen-bond donors (Lipinski definition) is 1. The first-order valence-electron chi connectivity index (χ1n) is 7.01. The van der Waals surface area contributed by atoms with Crippen molar-refractivity contribution in [3.05, 3.63) is 35.6 Å². The molecule has 1 atom stereocenters. The van der Waals surface area contributed by atoms with E-state index in [-0.39, 0.29) is 11.4 Å². The van der Waals surface area contributed by atoms with Crippen LogP contribution in [0.15, 0.2) is 24.3 Å². The summed E-state index contributed by atoms with van der Waals surface area (Å²) in [5.74, 6) is 1.22. The molecule has 1 aliphatic carbocycles. The van der Waals surface area contributed by atoms with Gasteiger partial charge in [0.15, 0.2) is 0 Å². The highest BCUT2D eigenvalue weighted by Crippen LogP contribution is 2.35. The molecule has 0 radical (unpaired) electrons. The molecule has 1 unspecified atom stereocenters. The van der Waals surface area contributed by atoms with Crippen molar-refractivity contribution >= 4 is 0 Å². The number of halogens is 1. The fraction of sp³-hybridized carbons (Fsp3) is 0.625. The maximum absolute atomic E-state index is 13.7. The highest BCUT2D eigenvalue weighted by atomic mass is 19.1.